The lowest BCUT2D eigenvalue weighted by molar-refractivity contribution is -0.137. The third-order valence-corrected chi connectivity index (χ3v) is 6.88. The first-order valence-electron chi connectivity index (χ1n) is 15.4. The molecule has 0 saturated carbocycles. The fraction of sp³-hybridized carbons (Fsp3) is 0.472. The van der Waals surface area contributed by atoms with Gasteiger partial charge in [0, 0.05) is 25.4 Å². The van der Waals surface area contributed by atoms with Crippen LogP contribution in [-0.2, 0) is 16.0 Å². The van der Waals surface area contributed by atoms with Crippen LogP contribution in [0.3, 0.4) is 0 Å². The number of amides is 1. The van der Waals surface area contributed by atoms with E-state index in [0.29, 0.717) is 12.3 Å². The Balaban J connectivity index is 0.000000457. The van der Waals surface area contributed by atoms with Crippen LogP contribution >= 0.6 is 0 Å². The topological polar surface area (TPSA) is 91.6 Å². The van der Waals surface area contributed by atoms with Crippen molar-refractivity contribution in [2.24, 2.45) is 5.92 Å². The van der Waals surface area contributed by atoms with E-state index in [-0.39, 0.29) is 24.4 Å². The van der Waals surface area contributed by atoms with Crippen molar-refractivity contribution in [2.45, 2.75) is 80.2 Å². The standard InChI is InChI=1S/C19H31N3O4.C15H16.C2H6/c1-14(2)5-7-16(19(26)20-11-9-18(24)25)22-13-15(6-8-17(22)23)10-12-21(3)4;1-11-9-12(2)15(13(3)10-11)14-7-5-4-6-8-14;1-2/h6,8,13-14,16H,5,7,9-12H2,1-4H3,(H,20,26)(H,24,25);4-10H,1-3H3;1-2H3. The van der Waals surface area contributed by atoms with Crippen molar-refractivity contribution in [3.63, 3.8) is 0 Å². The monoisotopic (exact) mass is 591 g/mol. The van der Waals surface area contributed by atoms with Crippen molar-refractivity contribution in [3.8, 4) is 11.1 Å². The molecule has 0 aliphatic carbocycles. The number of pyridine rings is 1. The van der Waals surface area contributed by atoms with E-state index in [4.69, 9.17) is 5.11 Å². The molecule has 236 valence electrons. The van der Waals surface area contributed by atoms with Gasteiger partial charge < -0.3 is 19.9 Å². The fourth-order valence-corrected chi connectivity index (χ4v) is 4.83. The summed E-state index contributed by atoms with van der Waals surface area (Å²) in [6.07, 6.45) is 3.73. The van der Waals surface area contributed by atoms with E-state index in [2.05, 4.69) is 87.3 Å². The molecule has 0 aliphatic heterocycles. The molecule has 3 rings (SSSR count). The van der Waals surface area contributed by atoms with Gasteiger partial charge in [0.2, 0.25) is 5.91 Å². The lowest BCUT2D eigenvalue weighted by Crippen LogP contribution is -2.38. The maximum atomic E-state index is 12.6. The van der Waals surface area contributed by atoms with E-state index in [9.17, 15) is 14.4 Å². The predicted molar refractivity (Wildman–Crippen MR) is 179 cm³/mol. The van der Waals surface area contributed by atoms with Crippen molar-refractivity contribution in [1.29, 1.82) is 0 Å². The van der Waals surface area contributed by atoms with Crippen LogP contribution in [0.5, 0.6) is 0 Å². The first-order valence-corrected chi connectivity index (χ1v) is 15.4. The summed E-state index contributed by atoms with van der Waals surface area (Å²) < 4.78 is 1.49. The van der Waals surface area contributed by atoms with E-state index in [0.717, 1.165) is 24.9 Å². The van der Waals surface area contributed by atoms with E-state index in [1.165, 1.54) is 38.5 Å². The Labute approximate surface area is 259 Å². The van der Waals surface area contributed by atoms with Crippen molar-refractivity contribution in [3.05, 3.63) is 93.4 Å². The molecule has 7 heteroatoms. The summed E-state index contributed by atoms with van der Waals surface area (Å²) >= 11 is 0. The third-order valence-electron chi connectivity index (χ3n) is 6.88. The van der Waals surface area contributed by atoms with E-state index in [1.54, 1.807) is 12.3 Å². The largest absolute Gasteiger partial charge is 0.481 e. The molecular weight excluding hydrogens is 538 g/mol. The number of aryl methyl sites for hydroxylation is 3. The number of nitrogens with one attached hydrogen (secondary N) is 1. The van der Waals surface area contributed by atoms with Gasteiger partial charge in [-0.2, -0.15) is 0 Å². The minimum Gasteiger partial charge on any atom is -0.481 e. The second-order valence-corrected chi connectivity index (χ2v) is 11.4. The van der Waals surface area contributed by atoms with Crippen LogP contribution in [-0.4, -0.2) is 53.6 Å². The number of rotatable bonds is 12. The van der Waals surface area contributed by atoms with Gasteiger partial charge in [0.05, 0.1) is 6.42 Å². The summed E-state index contributed by atoms with van der Waals surface area (Å²) in [6.45, 7) is 15.5. The second-order valence-electron chi connectivity index (χ2n) is 11.4. The molecule has 1 unspecified atom stereocenters. The van der Waals surface area contributed by atoms with E-state index >= 15 is 0 Å². The molecule has 0 bridgehead atoms. The zero-order valence-electron chi connectivity index (χ0n) is 27.7. The van der Waals surface area contributed by atoms with Crippen LogP contribution in [0.25, 0.3) is 11.1 Å². The Kier molecular flexibility index (Phi) is 16.9. The minimum absolute atomic E-state index is 0.0570. The molecule has 2 N–H and O–H groups in total. The number of aliphatic carboxylic acids is 1. The van der Waals surface area contributed by atoms with Crippen LogP contribution in [0.1, 0.15) is 75.3 Å². The van der Waals surface area contributed by atoms with Gasteiger partial charge in [-0.1, -0.05) is 81.8 Å². The Morgan fingerprint density at radius 3 is 2.07 bits per heavy atom. The van der Waals surface area contributed by atoms with Gasteiger partial charge in [-0.15, -0.1) is 0 Å². The van der Waals surface area contributed by atoms with Gasteiger partial charge >= 0.3 is 5.97 Å². The number of carbonyl (C=O) groups excluding carboxylic acids is 1. The highest BCUT2D eigenvalue weighted by atomic mass is 16.4. The summed E-state index contributed by atoms with van der Waals surface area (Å²) in [6, 6.07) is 17.7. The molecule has 1 heterocycles. The van der Waals surface area contributed by atoms with Gasteiger partial charge in [0.25, 0.3) is 5.56 Å². The van der Waals surface area contributed by atoms with E-state index in [1.807, 2.05) is 27.9 Å². The third kappa shape index (κ3) is 13.4. The molecular formula is C36H53N3O4. The molecule has 7 nitrogen and oxygen atoms in total. The lowest BCUT2D eigenvalue weighted by atomic mass is 9.94. The molecule has 1 amide bonds. The van der Waals surface area contributed by atoms with Gasteiger partial charge in [-0.05, 0) is 87.9 Å². The molecule has 3 aromatic rings. The van der Waals surface area contributed by atoms with Gasteiger partial charge in [-0.25, -0.2) is 0 Å². The number of carboxylic acid groups (broad SMARTS) is 1. The summed E-state index contributed by atoms with van der Waals surface area (Å²) in [5.74, 6) is -0.873. The summed E-state index contributed by atoms with van der Waals surface area (Å²) in [7, 11) is 3.97. The smallest absolute Gasteiger partial charge is 0.305 e. The number of aromatic nitrogens is 1. The molecule has 0 fully saturated rings. The minimum atomic E-state index is -0.966. The van der Waals surface area contributed by atoms with E-state index < -0.39 is 12.0 Å². The molecule has 1 aromatic heterocycles. The van der Waals surface area contributed by atoms with Crippen LogP contribution in [0, 0.1) is 26.7 Å². The number of hydrogen-bond acceptors (Lipinski definition) is 4. The summed E-state index contributed by atoms with van der Waals surface area (Å²) in [5.41, 5.74) is 7.52. The normalized spacial score (nSPS) is 11.2. The summed E-state index contributed by atoms with van der Waals surface area (Å²) in [4.78, 5) is 37.7. The SMILES string of the molecule is CC.CC(C)CCC(C(=O)NCCC(=O)O)n1cc(CCN(C)C)ccc1=O.Cc1cc(C)c(-c2ccccc2)c(C)c1. The number of carbonyl (C=O) groups is 2. The quantitative estimate of drug-likeness (QED) is 0.241. The van der Waals surface area contributed by atoms with Crippen LogP contribution in [0.4, 0.5) is 0 Å². The highest BCUT2D eigenvalue weighted by Crippen LogP contribution is 2.27. The number of hydrogen-bond donors (Lipinski definition) is 2. The van der Waals surface area contributed by atoms with Gasteiger partial charge in [-0.3, -0.25) is 14.4 Å². The van der Waals surface area contributed by atoms with Crippen LogP contribution in [0.15, 0.2) is 65.6 Å². The van der Waals surface area contributed by atoms with Crippen LogP contribution < -0.4 is 10.9 Å². The Bertz CT molecular complexity index is 1310. The van der Waals surface area contributed by atoms with Crippen molar-refractivity contribution in [1.82, 2.24) is 14.8 Å². The molecule has 0 radical (unpaired) electrons. The highest BCUT2D eigenvalue weighted by molar-refractivity contribution is 5.80. The highest BCUT2D eigenvalue weighted by Gasteiger charge is 2.22. The average molecular weight is 592 g/mol. The zero-order chi connectivity index (χ0) is 32.5. The van der Waals surface area contributed by atoms with Gasteiger partial charge in [0.1, 0.15) is 6.04 Å². The molecule has 1 atom stereocenters. The molecule has 0 spiro atoms. The fourth-order valence-electron chi connectivity index (χ4n) is 4.83. The van der Waals surface area contributed by atoms with Crippen molar-refractivity contribution >= 4 is 11.9 Å². The second kappa shape index (κ2) is 19.5. The number of carboxylic acids is 1. The van der Waals surface area contributed by atoms with Gasteiger partial charge in [0.15, 0.2) is 0 Å². The Hall–Kier alpha value is -3.71. The molecule has 0 saturated heterocycles. The first kappa shape index (κ1) is 37.3. The zero-order valence-corrected chi connectivity index (χ0v) is 27.7. The molecule has 0 aliphatic rings. The predicted octanol–water partition coefficient (Wildman–Crippen LogP) is 6.83. The number of nitrogens with zero attached hydrogens (tertiary/aromatic N) is 2. The molecule has 43 heavy (non-hydrogen) atoms. The average Bonchev–Trinajstić information content (AvgIpc) is 2.94. The maximum absolute atomic E-state index is 12.6. The molecule has 2 aromatic carbocycles. The first-order chi connectivity index (χ1) is 20.4. The van der Waals surface area contributed by atoms with Crippen molar-refractivity contribution < 1.29 is 14.7 Å². The number of likely N-dealkylation sites (N-methyl/N-ethyl adjacent to an activating group) is 1. The Morgan fingerprint density at radius 1 is 0.930 bits per heavy atom. The lowest BCUT2D eigenvalue weighted by Gasteiger charge is -2.21. The number of benzene rings is 2. The van der Waals surface area contributed by atoms with Crippen molar-refractivity contribution in [2.75, 3.05) is 27.2 Å². The van der Waals surface area contributed by atoms with Crippen LogP contribution in [0.2, 0.25) is 0 Å². The maximum Gasteiger partial charge on any atom is 0.305 e. The summed E-state index contributed by atoms with van der Waals surface area (Å²) in [5, 5.41) is 11.4. The Morgan fingerprint density at radius 2 is 1.53 bits per heavy atom.